The molecule has 0 saturated heterocycles. The molecule has 0 bridgehead atoms. The van der Waals surface area contributed by atoms with Crippen LogP contribution in [0.4, 0.5) is 10.1 Å². The first kappa shape index (κ1) is 21.2. The number of anilines is 1. The van der Waals surface area contributed by atoms with Gasteiger partial charge in [-0.2, -0.15) is 4.98 Å². The predicted octanol–water partition coefficient (Wildman–Crippen LogP) is 4.27. The number of pyridine rings is 1. The van der Waals surface area contributed by atoms with Crippen molar-refractivity contribution in [3.05, 3.63) is 87.6 Å². The van der Waals surface area contributed by atoms with Gasteiger partial charge in [0, 0.05) is 16.9 Å². The summed E-state index contributed by atoms with van der Waals surface area (Å²) in [5.74, 6) is -0.418. The Morgan fingerprint density at radius 2 is 1.78 bits per heavy atom. The van der Waals surface area contributed by atoms with E-state index in [2.05, 4.69) is 15.5 Å². The summed E-state index contributed by atoms with van der Waals surface area (Å²) in [5, 5.41) is 6.75. The number of nitrogens with zero attached hydrogens (tertiary/aromatic N) is 3. The van der Waals surface area contributed by atoms with E-state index in [9.17, 15) is 14.0 Å². The molecule has 0 atom stereocenters. The number of carbonyl (C=O) groups excluding carboxylic acids is 1. The van der Waals surface area contributed by atoms with E-state index in [4.69, 9.17) is 4.52 Å². The average Bonchev–Trinajstić information content (AvgIpc) is 3.23. The number of hydrogen-bond acceptors (Lipinski definition) is 5. The number of halogens is 1. The van der Waals surface area contributed by atoms with Crippen LogP contribution in [-0.4, -0.2) is 20.6 Å². The number of carbonyl (C=O) groups is 1. The number of para-hydroxylation sites is 1. The molecule has 2 aromatic carbocycles. The third-order valence-electron chi connectivity index (χ3n) is 5.17. The third kappa shape index (κ3) is 4.20. The van der Waals surface area contributed by atoms with Crippen molar-refractivity contribution >= 4 is 11.6 Å². The number of hydrogen-bond donors (Lipinski definition) is 1. The summed E-state index contributed by atoms with van der Waals surface area (Å²) in [6.45, 7) is 5.26. The van der Waals surface area contributed by atoms with E-state index in [1.165, 1.54) is 28.8 Å². The first-order valence-electron chi connectivity index (χ1n) is 10.00. The fourth-order valence-corrected chi connectivity index (χ4v) is 3.47. The zero-order valence-corrected chi connectivity index (χ0v) is 17.8. The van der Waals surface area contributed by atoms with Gasteiger partial charge in [0.2, 0.25) is 11.7 Å². The summed E-state index contributed by atoms with van der Waals surface area (Å²) in [6, 6.07) is 14.9. The molecule has 4 rings (SSSR count). The number of amides is 1. The lowest BCUT2D eigenvalue weighted by molar-refractivity contribution is -0.116. The van der Waals surface area contributed by atoms with Crippen molar-refractivity contribution in [1.29, 1.82) is 0 Å². The molecule has 8 heteroatoms. The fraction of sp³-hybridized carbons (Fsp3) is 0.167. The van der Waals surface area contributed by atoms with Gasteiger partial charge in [0.1, 0.15) is 17.9 Å². The first-order chi connectivity index (χ1) is 15.3. The largest absolute Gasteiger partial charge is 0.333 e. The van der Waals surface area contributed by atoms with Crippen LogP contribution in [0.2, 0.25) is 0 Å². The Morgan fingerprint density at radius 3 is 2.50 bits per heavy atom. The van der Waals surface area contributed by atoms with Crippen molar-refractivity contribution in [3.63, 3.8) is 0 Å². The van der Waals surface area contributed by atoms with Gasteiger partial charge in [-0.25, -0.2) is 4.39 Å². The molecule has 0 saturated carbocycles. The summed E-state index contributed by atoms with van der Waals surface area (Å²) in [6.07, 6.45) is 0. The lowest BCUT2D eigenvalue weighted by atomic mass is 10.1. The van der Waals surface area contributed by atoms with Crippen LogP contribution in [0.5, 0.6) is 0 Å². The highest BCUT2D eigenvalue weighted by Gasteiger charge is 2.20. The highest BCUT2D eigenvalue weighted by atomic mass is 19.1. The first-order valence-corrected chi connectivity index (χ1v) is 10.00. The van der Waals surface area contributed by atoms with Crippen molar-refractivity contribution in [2.24, 2.45) is 0 Å². The molecule has 1 N–H and O–H groups in total. The smallest absolute Gasteiger partial charge is 0.264 e. The average molecular weight is 432 g/mol. The summed E-state index contributed by atoms with van der Waals surface area (Å²) in [7, 11) is 0. The van der Waals surface area contributed by atoms with Crippen LogP contribution in [0, 0.1) is 26.6 Å². The SMILES string of the molecule is Cc1ccccc1NC(=O)Cn1c(C)cc(C)c(-c2nc(-c3ccc(F)cc3)no2)c1=O. The molecule has 2 heterocycles. The Bertz CT molecular complexity index is 1360. The summed E-state index contributed by atoms with van der Waals surface area (Å²) in [4.78, 5) is 30.2. The molecule has 0 unspecified atom stereocenters. The Labute approximate surface area is 183 Å². The molecule has 0 fully saturated rings. The molecular weight excluding hydrogens is 411 g/mol. The zero-order chi connectivity index (χ0) is 22.8. The molecule has 2 aromatic heterocycles. The molecule has 4 aromatic rings. The van der Waals surface area contributed by atoms with Crippen LogP contribution in [0.3, 0.4) is 0 Å². The van der Waals surface area contributed by atoms with Gasteiger partial charge in [-0.05, 0) is 68.3 Å². The number of nitrogens with one attached hydrogen (secondary N) is 1. The highest BCUT2D eigenvalue weighted by Crippen LogP contribution is 2.23. The maximum absolute atomic E-state index is 13.3. The van der Waals surface area contributed by atoms with Crippen LogP contribution in [-0.2, 0) is 11.3 Å². The van der Waals surface area contributed by atoms with Crippen LogP contribution in [0.1, 0.15) is 16.8 Å². The van der Waals surface area contributed by atoms with Gasteiger partial charge >= 0.3 is 0 Å². The van der Waals surface area contributed by atoms with Crippen LogP contribution < -0.4 is 10.9 Å². The van der Waals surface area contributed by atoms with Crippen molar-refractivity contribution < 1.29 is 13.7 Å². The number of aryl methyl sites for hydroxylation is 3. The van der Waals surface area contributed by atoms with Crippen LogP contribution in [0.25, 0.3) is 22.8 Å². The summed E-state index contributed by atoms with van der Waals surface area (Å²) in [5.41, 5.74) is 3.28. The van der Waals surface area contributed by atoms with Crippen LogP contribution >= 0.6 is 0 Å². The maximum atomic E-state index is 13.3. The number of rotatable bonds is 5. The molecule has 0 radical (unpaired) electrons. The summed E-state index contributed by atoms with van der Waals surface area (Å²) >= 11 is 0. The molecule has 0 spiro atoms. The second-order valence-electron chi connectivity index (χ2n) is 7.53. The second kappa shape index (κ2) is 8.58. The van der Waals surface area contributed by atoms with Gasteiger partial charge in [0.05, 0.1) is 0 Å². The third-order valence-corrected chi connectivity index (χ3v) is 5.17. The van der Waals surface area contributed by atoms with Gasteiger partial charge in [-0.3, -0.25) is 9.59 Å². The lowest BCUT2D eigenvalue weighted by Crippen LogP contribution is -2.30. The van der Waals surface area contributed by atoms with E-state index >= 15 is 0 Å². The molecule has 7 nitrogen and oxygen atoms in total. The molecule has 0 aliphatic carbocycles. The monoisotopic (exact) mass is 432 g/mol. The van der Waals surface area contributed by atoms with Gasteiger partial charge in [-0.1, -0.05) is 23.4 Å². The van der Waals surface area contributed by atoms with E-state index in [0.29, 0.717) is 22.5 Å². The molecule has 0 aliphatic heterocycles. The van der Waals surface area contributed by atoms with E-state index in [1.807, 2.05) is 25.1 Å². The van der Waals surface area contributed by atoms with Gasteiger partial charge < -0.3 is 14.4 Å². The van der Waals surface area contributed by atoms with Gasteiger partial charge in [0.25, 0.3) is 11.4 Å². The van der Waals surface area contributed by atoms with Crippen molar-refractivity contribution in [2.75, 3.05) is 5.32 Å². The molecule has 0 aliphatic rings. The Balaban J connectivity index is 1.66. The van der Waals surface area contributed by atoms with Crippen molar-refractivity contribution in [2.45, 2.75) is 27.3 Å². The molecule has 32 heavy (non-hydrogen) atoms. The molecule has 1 amide bonds. The topological polar surface area (TPSA) is 90.0 Å². The van der Waals surface area contributed by atoms with Crippen LogP contribution in [0.15, 0.2) is 63.9 Å². The minimum atomic E-state index is -0.406. The Morgan fingerprint density at radius 1 is 1.06 bits per heavy atom. The molecular formula is C24H21FN4O3. The minimum Gasteiger partial charge on any atom is -0.333 e. The van der Waals surface area contributed by atoms with Gasteiger partial charge in [0.15, 0.2) is 0 Å². The quantitative estimate of drug-likeness (QED) is 0.509. The summed E-state index contributed by atoms with van der Waals surface area (Å²) < 4.78 is 19.9. The normalized spacial score (nSPS) is 10.9. The number of aromatic nitrogens is 3. The van der Waals surface area contributed by atoms with Crippen molar-refractivity contribution in [1.82, 2.24) is 14.7 Å². The zero-order valence-electron chi connectivity index (χ0n) is 17.8. The van der Waals surface area contributed by atoms with Crippen molar-refractivity contribution in [3.8, 4) is 22.8 Å². The van der Waals surface area contributed by atoms with Gasteiger partial charge in [-0.15, -0.1) is 0 Å². The Kier molecular flexibility index (Phi) is 5.68. The van der Waals surface area contributed by atoms with E-state index < -0.39 is 5.56 Å². The number of benzene rings is 2. The minimum absolute atomic E-state index is 0.0416. The maximum Gasteiger partial charge on any atom is 0.264 e. The Hall–Kier alpha value is -4.07. The molecule has 162 valence electrons. The van der Waals surface area contributed by atoms with E-state index in [-0.39, 0.29) is 35.5 Å². The fourth-order valence-electron chi connectivity index (χ4n) is 3.47. The van der Waals surface area contributed by atoms with E-state index in [0.717, 1.165) is 5.56 Å². The predicted molar refractivity (Wildman–Crippen MR) is 119 cm³/mol. The highest BCUT2D eigenvalue weighted by molar-refractivity contribution is 5.91. The standard InChI is InChI=1S/C24H21FN4O3/c1-14-6-4-5-7-19(14)26-20(30)13-29-16(3)12-15(2)21(24(29)31)23-27-22(28-32-23)17-8-10-18(25)11-9-17/h4-12H,13H2,1-3H3,(H,26,30). The van der Waals surface area contributed by atoms with E-state index in [1.54, 1.807) is 26.0 Å². The lowest BCUT2D eigenvalue weighted by Gasteiger charge is -2.14. The second-order valence-corrected chi connectivity index (χ2v) is 7.53.